The second kappa shape index (κ2) is 8.08. The molecule has 0 aliphatic carbocycles. The van der Waals surface area contributed by atoms with E-state index < -0.39 is 22.9 Å². The average molecular weight is 381 g/mol. The maximum Gasteiger partial charge on any atom is 0.338 e. The monoisotopic (exact) mass is 381 g/mol. The molecule has 0 aliphatic heterocycles. The number of nitro groups is 1. The summed E-state index contributed by atoms with van der Waals surface area (Å²) in [4.78, 5) is 38.7. The Morgan fingerprint density at radius 1 is 1.18 bits per heavy atom. The molecule has 0 saturated heterocycles. The largest absolute Gasteiger partial charge is 0.449 e. The van der Waals surface area contributed by atoms with Crippen LogP contribution in [0.15, 0.2) is 61.2 Å². The number of nitro benzene ring substituents is 1. The topological polar surface area (TPSA) is 129 Å². The molecule has 3 rings (SSSR count). The van der Waals surface area contributed by atoms with E-state index in [0.717, 1.165) is 0 Å². The molecule has 2 aromatic carbocycles. The van der Waals surface area contributed by atoms with E-state index in [9.17, 15) is 19.7 Å². The van der Waals surface area contributed by atoms with Gasteiger partial charge in [-0.3, -0.25) is 14.9 Å². The van der Waals surface area contributed by atoms with Gasteiger partial charge in [-0.2, -0.15) is 5.10 Å². The maximum atomic E-state index is 12.2. The van der Waals surface area contributed by atoms with Gasteiger partial charge >= 0.3 is 5.97 Å². The van der Waals surface area contributed by atoms with E-state index in [1.807, 2.05) is 0 Å². The molecule has 0 spiro atoms. The number of hydrogen-bond donors (Lipinski definition) is 1. The molecule has 142 valence electrons. The number of aromatic nitrogens is 3. The predicted molar refractivity (Wildman–Crippen MR) is 98.0 cm³/mol. The van der Waals surface area contributed by atoms with Crippen molar-refractivity contribution >= 4 is 23.3 Å². The Kier molecular flexibility index (Phi) is 5.40. The molecular weight excluding hydrogens is 366 g/mol. The van der Waals surface area contributed by atoms with Crippen molar-refractivity contribution < 1.29 is 19.2 Å². The van der Waals surface area contributed by atoms with Gasteiger partial charge in [0.25, 0.3) is 11.6 Å². The summed E-state index contributed by atoms with van der Waals surface area (Å²) in [6.07, 6.45) is 1.75. The lowest BCUT2D eigenvalue weighted by Crippen LogP contribution is -2.30. The third-order valence-electron chi connectivity index (χ3n) is 3.80. The molecule has 28 heavy (non-hydrogen) atoms. The molecule has 1 N–H and O–H groups in total. The molecule has 0 bridgehead atoms. The van der Waals surface area contributed by atoms with Crippen molar-refractivity contribution in [2.75, 3.05) is 5.32 Å². The van der Waals surface area contributed by atoms with Gasteiger partial charge in [0.15, 0.2) is 6.10 Å². The highest BCUT2D eigenvalue weighted by Gasteiger charge is 2.22. The molecule has 1 atom stereocenters. The van der Waals surface area contributed by atoms with Gasteiger partial charge in [-0.25, -0.2) is 14.5 Å². The first kappa shape index (κ1) is 18.7. The van der Waals surface area contributed by atoms with Gasteiger partial charge in [-0.05, 0) is 37.3 Å². The van der Waals surface area contributed by atoms with E-state index >= 15 is 0 Å². The Morgan fingerprint density at radius 2 is 1.89 bits per heavy atom. The van der Waals surface area contributed by atoms with Gasteiger partial charge in [-0.15, -0.1) is 0 Å². The SMILES string of the molecule is C[C@@H](OC(=O)c1ccc(-n2cncn2)cc1)C(=O)Nc1ccccc1[N+](=O)[O-]. The fourth-order valence-corrected chi connectivity index (χ4v) is 2.35. The number of carbonyl (C=O) groups is 2. The zero-order valence-electron chi connectivity index (χ0n) is 14.7. The van der Waals surface area contributed by atoms with E-state index in [4.69, 9.17) is 4.74 Å². The number of esters is 1. The van der Waals surface area contributed by atoms with Gasteiger partial charge in [0.2, 0.25) is 0 Å². The number of amides is 1. The van der Waals surface area contributed by atoms with Gasteiger partial charge < -0.3 is 10.1 Å². The van der Waals surface area contributed by atoms with E-state index in [1.54, 1.807) is 18.2 Å². The van der Waals surface area contributed by atoms with Gasteiger partial charge in [-0.1, -0.05) is 12.1 Å². The zero-order chi connectivity index (χ0) is 20.1. The molecule has 0 radical (unpaired) electrons. The second-order valence-electron chi connectivity index (χ2n) is 5.70. The van der Waals surface area contributed by atoms with Crippen LogP contribution in [-0.4, -0.2) is 37.7 Å². The quantitative estimate of drug-likeness (QED) is 0.394. The minimum Gasteiger partial charge on any atom is -0.449 e. The van der Waals surface area contributed by atoms with Crippen LogP contribution in [0.5, 0.6) is 0 Å². The van der Waals surface area contributed by atoms with Crippen molar-refractivity contribution in [3.63, 3.8) is 0 Å². The summed E-state index contributed by atoms with van der Waals surface area (Å²) in [6, 6.07) is 12.1. The van der Waals surface area contributed by atoms with Crippen molar-refractivity contribution in [1.29, 1.82) is 0 Å². The van der Waals surface area contributed by atoms with Crippen LogP contribution in [0.3, 0.4) is 0 Å². The van der Waals surface area contributed by atoms with E-state index in [0.29, 0.717) is 5.69 Å². The van der Waals surface area contributed by atoms with E-state index in [2.05, 4.69) is 15.4 Å². The van der Waals surface area contributed by atoms with Crippen LogP contribution in [0.4, 0.5) is 11.4 Å². The molecule has 0 saturated carbocycles. The Bertz CT molecular complexity index is 1000. The first-order chi connectivity index (χ1) is 13.5. The molecule has 10 heteroatoms. The normalized spacial score (nSPS) is 11.5. The lowest BCUT2D eigenvalue weighted by Gasteiger charge is -2.13. The standard InChI is InChI=1S/C18H15N5O5/c1-12(17(24)21-15-4-2-3-5-16(15)23(26)27)28-18(25)13-6-8-14(9-7-13)22-11-19-10-20-22/h2-12H,1H3,(H,21,24)/t12-/m1/s1. The molecule has 3 aromatic rings. The summed E-state index contributed by atoms with van der Waals surface area (Å²) in [5, 5.41) is 17.4. The average Bonchev–Trinajstić information content (AvgIpc) is 3.23. The lowest BCUT2D eigenvalue weighted by molar-refractivity contribution is -0.383. The summed E-state index contributed by atoms with van der Waals surface area (Å²) < 4.78 is 6.67. The number of ether oxygens (including phenoxy) is 1. The number of rotatable bonds is 6. The molecule has 0 unspecified atom stereocenters. The third kappa shape index (κ3) is 4.18. The van der Waals surface area contributed by atoms with Crippen molar-refractivity contribution in [2.45, 2.75) is 13.0 Å². The number of carbonyl (C=O) groups excluding carboxylic acids is 2. The van der Waals surface area contributed by atoms with Crippen LogP contribution in [0.1, 0.15) is 17.3 Å². The zero-order valence-corrected chi connectivity index (χ0v) is 14.7. The molecule has 0 aliphatic rings. The summed E-state index contributed by atoms with van der Waals surface area (Å²) in [7, 11) is 0. The fourth-order valence-electron chi connectivity index (χ4n) is 2.35. The molecule has 1 amide bonds. The lowest BCUT2D eigenvalue weighted by atomic mass is 10.2. The van der Waals surface area contributed by atoms with Crippen molar-refractivity contribution in [3.05, 3.63) is 76.9 Å². The summed E-state index contributed by atoms with van der Waals surface area (Å²) >= 11 is 0. The number of benzene rings is 2. The third-order valence-corrected chi connectivity index (χ3v) is 3.80. The minimum atomic E-state index is -1.15. The summed E-state index contributed by atoms with van der Waals surface area (Å²) in [6.45, 7) is 1.38. The van der Waals surface area contributed by atoms with Crippen LogP contribution in [-0.2, 0) is 9.53 Å². The fraction of sp³-hybridized carbons (Fsp3) is 0.111. The van der Waals surface area contributed by atoms with Gasteiger partial charge in [0.05, 0.1) is 16.2 Å². The minimum absolute atomic E-state index is 0.0255. The number of nitrogens with one attached hydrogen (secondary N) is 1. The van der Waals surface area contributed by atoms with Crippen LogP contribution < -0.4 is 5.32 Å². The number of anilines is 1. The second-order valence-corrected chi connectivity index (χ2v) is 5.70. The van der Waals surface area contributed by atoms with E-state index in [1.165, 1.54) is 54.6 Å². The van der Waals surface area contributed by atoms with Gasteiger partial charge in [0, 0.05) is 6.07 Å². The van der Waals surface area contributed by atoms with E-state index in [-0.39, 0.29) is 16.9 Å². The maximum absolute atomic E-state index is 12.2. The van der Waals surface area contributed by atoms with Gasteiger partial charge in [0.1, 0.15) is 18.3 Å². The Hall–Kier alpha value is -4.08. The molecular formula is C18H15N5O5. The number of hydrogen-bond acceptors (Lipinski definition) is 7. The molecule has 0 fully saturated rings. The first-order valence-electron chi connectivity index (χ1n) is 8.16. The Labute approximate surface area is 158 Å². The highest BCUT2D eigenvalue weighted by atomic mass is 16.6. The Morgan fingerprint density at radius 3 is 2.54 bits per heavy atom. The van der Waals surface area contributed by atoms with Crippen molar-refractivity contribution in [2.24, 2.45) is 0 Å². The highest BCUT2D eigenvalue weighted by Crippen LogP contribution is 2.23. The van der Waals surface area contributed by atoms with Crippen LogP contribution in [0.25, 0.3) is 5.69 Å². The summed E-state index contributed by atoms with van der Waals surface area (Å²) in [5.41, 5.74) is 0.723. The highest BCUT2D eigenvalue weighted by molar-refractivity contribution is 5.98. The smallest absolute Gasteiger partial charge is 0.338 e. The molecule has 1 aromatic heterocycles. The predicted octanol–water partition coefficient (Wildman–Crippen LogP) is 2.36. The van der Waals surface area contributed by atoms with Crippen LogP contribution in [0.2, 0.25) is 0 Å². The Balaban J connectivity index is 1.64. The molecule has 1 heterocycles. The first-order valence-corrected chi connectivity index (χ1v) is 8.16. The number of nitrogens with zero attached hydrogens (tertiary/aromatic N) is 4. The molecule has 10 nitrogen and oxygen atoms in total. The van der Waals surface area contributed by atoms with Crippen molar-refractivity contribution in [3.8, 4) is 5.69 Å². The van der Waals surface area contributed by atoms with Crippen LogP contribution >= 0.6 is 0 Å². The number of para-hydroxylation sites is 2. The van der Waals surface area contributed by atoms with Crippen LogP contribution in [0, 0.1) is 10.1 Å². The summed E-state index contributed by atoms with van der Waals surface area (Å²) in [5.74, 6) is -1.38. The van der Waals surface area contributed by atoms with Crippen molar-refractivity contribution in [1.82, 2.24) is 14.8 Å².